The van der Waals surface area contributed by atoms with Crippen molar-refractivity contribution in [1.29, 1.82) is 0 Å². The largest absolute Gasteiger partial charge is 0.377 e. The number of benzene rings is 1. The maximum atomic E-state index is 5.32. The molecule has 5 heteroatoms. The lowest BCUT2D eigenvalue weighted by Gasteiger charge is -2.34. The first-order valence-corrected chi connectivity index (χ1v) is 10.2. The Bertz CT molecular complexity index is 933. The fraction of sp³-hybridized carbons (Fsp3) is 0.429. The first kappa shape index (κ1) is 16.2. The maximum Gasteiger partial charge on any atom is 0.158 e. The minimum absolute atomic E-state index is 0.459. The smallest absolute Gasteiger partial charge is 0.158 e. The highest BCUT2D eigenvalue weighted by atomic mass is 32.1. The third-order valence-corrected chi connectivity index (χ3v) is 6.61. The maximum absolute atomic E-state index is 5.32. The van der Waals surface area contributed by atoms with E-state index in [1.54, 1.807) is 18.4 Å². The molecule has 1 saturated carbocycles. The molecule has 1 saturated heterocycles. The number of aromatic nitrogens is 2. The van der Waals surface area contributed by atoms with Crippen molar-refractivity contribution >= 4 is 27.4 Å². The Labute approximate surface area is 157 Å². The Morgan fingerprint density at radius 3 is 2.77 bits per heavy atom. The van der Waals surface area contributed by atoms with Crippen LogP contribution in [0, 0.1) is 5.41 Å². The number of rotatable bonds is 4. The second-order valence-corrected chi connectivity index (χ2v) is 8.48. The predicted octanol–water partition coefficient (Wildman–Crippen LogP) is 4.89. The molecular weight excluding hydrogens is 342 g/mol. The van der Waals surface area contributed by atoms with Crippen molar-refractivity contribution < 1.29 is 4.74 Å². The van der Waals surface area contributed by atoms with Gasteiger partial charge in [0.1, 0.15) is 17.3 Å². The van der Waals surface area contributed by atoms with E-state index in [-0.39, 0.29) is 0 Å². The summed E-state index contributed by atoms with van der Waals surface area (Å²) in [6.45, 7) is 2.68. The predicted molar refractivity (Wildman–Crippen MR) is 107 cm³/mol. The first-order chi connectivity index (χ1) is 12.8. The van der Waals surface area contributed by atoms with E-state index in [2.05, 4.69) is 40.6 Å². The van der Waals surface area contributed by atoms with Gasteiger partial charge in [-0.25, -0.2) is 9.97 Å². The first-order valence-electron chi connectivity index (χ1n) is 9.35. The molecule has 0 N–H and O–H groups in total. The summed E-state index contributed by atoms with van der Waals surface area (Å²) in [5.41, 5.74) is 3.04. The summed E-state index contributed by atoms with van der Waals surface area (Å²) in [5, 5.41) is 3.43. The number of hydrogen-bond donors (Lipinski definition) is 0. The molecule has 3 heterocycles. The molecule has 2 aliphatic rings. The number of ether oxygens (including phenoxy) is 1. The molecule has 1 aliphatic carbocycles. The Balaban J connectivity index is 1.67. The second kappa shape index (κ2) is 6.32. The second-order valence-electron chi connectivity index (χ2n) is 7.62. The molecule has 0 bridgehead atoms. The van der Waals surface area contributed by atoms with Crippen molar-refractivity contribution in [3.63, 3.8) is 0 Å². The zero-order valence-corrected chi connectivity index (χ0v) is 15.9. The highest BCUT2D eigenvalue weighted by Crippen LogP contribution is 2.53. The van der Waals surface area contributed by atoms with Crippen LogP contribution in [-0.2, 0) is 11.3 Å². The molecular formula is C21H23N3OS. The van der Waals surface area contributed by atoms with E-state index in [4.69, 9.17) is 14.7 Å². The lowest BCUT2D eigenvalue weighted by Crippen LogP contribution is -2.37. The normalized spacial score (nSPS) is 18.6. The van der Waals surface area contributed by atoms with Crippen LogP contribution in [-0.4, -0.2) is 30.2 Å². The van der Waals surface area contributed by atoms with E-state index in [0.717, 1.165) is 29.6 Å². The van der Waals surface area contributed by atoms with E-state index in [1.165, 1.54) is 42.2 Å². The molecule has 26 heavy (non-hydrogen) atoms. The number of nitrogens with zero attached hydrogens (tertiary/aromatic N) is 3. The van der Waals surface area contributed by atoms with Gasteiger partial charge < -0.3 is 9.64 Å². The number of hydrogen-bond acceptors (Lipinski definition) is 5. The van der Waals surface area contributed by atoms with Gasteiger partial charge >= 0.3 is 0 Å². The molecule has 5 rings (SSSR count). The van der Waals surface area contributed by atoms with E-state index in [1.807, 2.05) is 0 Å². The minimum Gasteiger partial charge on any atom is -0.377 e. The number of anilines is 1. The summed E-state index contributed by atoms with van der Waals surface area (Å²) in [7, 11) is 1.71. The van der Waals surface area contributed by atoms with E-state index in [9.17, 15) is 0 Å². The van der Waals surface area contributed by atoms with Gasteiger partial charge in [0.05, 0.1) is 5.39 Å². The summed E-state index contributed by atoms with van der Waals surface area (Å²) >= 11 is 1.71. The Hall–Kier alpha value is -1.98. The summed E-state index contributed by atoms with van der Waals surface area (Å²) in [5.74, 6) is 1.89. The number of piperidine rings is 1. The summed E-state index contributed by atoms with van der Waals surface area (Å²) in [6.07, 6.45) is 5.38. The minimum atomic E-state index is 0.459. The number of methoxy groups -OCH3 is 1. The van der Waals surface area contributed by atoms with Gasteiger partial charge in [-0.1, -0.05) is 30.3 Å². The van der Waals surface area contributed by atoms with Gasteiger partial charge in [0.25, 0.3) is 0 Å². The van der Waals surface area contributed by atoms with Crippen LogP contribution >= 0.6 is 11.3 Å². The average molecular weight is 366 g/mol. The molecule has 3 aromatic rings. The van der Waals surface area contributed by atoms with Crippen molar-refractivity contribution in [3.05, 3.63) is 41.5 Å². The molecule has 0 unspecified atom stereocenters. The third-order valence-electron chi connectivity index (χ3n) is 5.74. The van der Waals surface area contributed by atoms with E-state index in [0.29, 0.717) is 12.0 Å². The highest BCUT2D eigenvalue weighted by molar-refractivity contribution is 7.17. The Kier molecular flexibility index (Phi) is 3.94. The summed E-state index contributed by atoms with van der Waals surface area (Å²) in [6, 6.07) is 10.6. The lowest BCUT2D eigenvalue weighted by atomic mass is 9.94. The third kappa shape index (κ3) is 2.79. The van der Waals surface area contributed by atoms with Gasteiger partial charge in [0, 0.05) is 31.1 Å². The summed E-state index contributed by atoms with van der Waals surface area (Å²) < 4.78 is 5.32. The van der Waals surface area contributed by atoms with Crippen LogP contribution in [0.2, 0.25) is 0 Å². The Morgan fingerprint density at radius 1 is 1.15 bits per heavy atom. The molecule has 2 aromatic heterocycles. The van der Waals surface area contributed by atoms with Gasteiger partial charge in [-0.2, -0.15) is 0 Å². The SMILES string of the molecule is COCc1nc(N2CCCC3(CC3)C2)c2c(-c3ccccc3)csc2n1. The Morgan fingerprint density at radius 2 is 2.00 bits per heavy atom. The van der Waals surface area contributed by atoms with Crippen LogP contribution in [0.3, 0.4) is 0 Å². The lowest BCUT2D eigenvalue weighted by molar-refractivity contribution is 0.178. The van der Waals surface area contributed by atoms with Crippen molar-refractivity contribution in [2.24, 2.45) is 5.41 Å². The molecule has 4 nitrogen and oxygen atoms in total. The van der Waals surface area contributed by atoms with Gasteiger partial charge in [0.2, 0.25) is 0 Å². The van der Waals surface area contributed by atoms with Crippen LogP contribution < -0.4 is 4.90 Å². The van der Waals surface area contributed by atoms with Crippen LogP contribution in [0.5, 0.6) is 0 Å². The molecule has 2 fully saturated rings. The fourth-order valence-corrected chi connectivity index (χ4v) is 5.15. The van der Waals surface area contributed by atoms with Gasteiger partial charge in [-0.3, -0.25) is 0 Å². The van der Waals surface area contributed by atoms with Crippen molar-refractivity contribution in [1.82, 2.24) is 9.97 Å². The van der Waals surface area contributed by atoms with Crippen LogP contribution in [0.25, 0.3) is 21.3 Å². The molecule has 0 radical (unpaired) electrons. The van der Waals surface area contributed by atoms with Crippen LogP contribution in [0.15, 0.2) is 35.7 Å². The van der Waals surface area contributed by atoms with Gasteiger partial charge in [0.15, 0.2) is 5.82 Å². The fourth-order valence-electron chi connectivity index (χ4n) is 4.19. The molecule has 1 aliphatic heterocycles. The van der Waals surface area contributed by atoms with E-state index >= 15 is 0 Å². The quantitative estimate of drug-likeness (QED) is 0.660. The monoisotopic (exact) mass is 365 g/mol. The van der Waals surface area contributed by atoms with Gasteiger partial charge in [-0.15, -0.1) is 11.3 Å². The number of fused-ring (bicyclic) bond motifs is 1. The topological polar surface area (TPSA) is 38.2 Å². The molecule has 1 aromatic carbocycles. The van der Waals surface area contributed by atoms with Crippen LogP contribution in [0.1, 0.15) is 31.5 Å². The van der Waals surface area contributed by atoms with Crippen molar-refractivity contribution in [2.75, 3.05) is 25.1 Å². The number of thiophene rings is 1. The molecule has 0 amide bonds. The van der Waals surface area contributed by atoms with E-state index < -0.39 is 0 Å². The van der Waals surface area contributed by atoms with Crippen LogP contribution in [0.4, 0.5) is 5.82 Å². The molecule has 0 atom stereocenters. The molecule has 134 valence electrons. The zero-order chi connectivity index (χ0) is 17.6. The summed E-state index contributed by atoms with van der Waals surface area (Å²) in [4.78, 5) is 13.3. The van der Waals surface area contributed by atoms with Crippen molar-refractivity contribution in [3.8, 4) is 11.1 Å². The standard InChI is InChI=1S/C21H23N3OS/c1-25-12-17-22-19(24-11-5-8-21(14-24)9-10-21)18-16(13-26-20(18)23-17)15-6-3-2-4-7-15/h2-4,6-7,13H,5,8-12,14H2,1H3. The average Bonchev–Trinajstić information content (AvgIpc) is 3.27. The highest BCUT2D eigenvalue weighted by Gasteiger charge is 2.46. The molecule has 1 spiro atoms. The van der Waals surface area contributed by atoms with Crippen molar-refractivity contribution in [2.45, 2.75) is 32.3 Å². The zero-order valence-electron chi connectivity index (χ0n) is 15.1. The van der Waals surface area contributed by atoms with Gasteiger partial charge in [-0.05, 0) is 36.7 Å².